The fraction of sp³-hybridized carbons (Fsp3) is 0.0857. The summed E-state index contributed by atoms with van der Waals surface area (Å²) in [6.45, 7) is 0.923. The van der Waals surface area contributed by atoms with E-state index >= 15 is 0 Å². The van der Waals surface area contributed by atoms with E-state index in [4.69, 9.17) is 14.2 Å². The number of fused-ring (bicyclic) bond motifs is 1. The molecule has 2 N–H and O–H groups in total. The summed E-state index contributed by atoms with van der Waals surface area (Å²) in [5, 5.41) is 8.62. The first kappa shape index (κ1) is 26.7. The van der Waals surface area contributed by atoms with Crippen LogP contribution in [-0.2, 0) is 13.2 Å². The molecule has 3 aromatic carbocycles. The number of nitrogens with one attached hydrogen (secondary N) is 2. The molecule has 0 aliphatic heterocycles. The van der Waals surface area contributed by atoms with Crippen LogP contribution in [0.4, 0.5) is 0 Å². The van der Waals surface area contributed by atoms with Gasteiger partial charge in [-0.05, 0) is 77.9 Å². The van der Waals surface area contributed by atoms with E-state index in [0.29, 0.717) is 13.2 Å². The van der Waals surface area contributed by atoms with E-state index in [1.165, 1.54) is 0 Å². The van der Waals surface area contributed by atoms with Crippen molar-refractivity contribution in [1.29, 1.82) is 0 Å². The summed E-state index contributed by atoms with van der Waals surface area (Å²) < 4.78 is 17.5. The number of hydrogen-bond acceptors (Lipinski definition) is 5. The quantitative estimate of drug-likeness (QED) is 0.171. The number of aromatic nitrogens is 4. The molecule has 0 atom stereocenters. The maximum atomic E-state index is 6.03. The molecule has 0 bridgehead atoms. The van der Waals surface area contributed by atoms with Crippen molar-refractivity contribution in [2.45, 2.75) is 13.2 Å². The number of ether oxygens (including phenoxy) is 3. The van der Waals surface area contributed by atoms with Gasteiger partial charge in [0.1, 0.15) is 30.5 Å². The molecule has 208 valence electrons. The van der Waals surface area contributed by atoms with E-state index in [1.807, 2.05) is 97.2 Å². The van der Waals surface area contributed by atoms with Crippen molar-refractivity contribution >= 4 is 35.2 Å². The van der Waals surface area contributed by atoms with Crippen LogP contribution in [-0.4, -0.2) is 27.3 Å². The summed E-state index contributed by atoms with van der Waals surface area (Å²) in [5.41, 5.74) is 6.75. The standard InChI is InChI=1S/C35H30N4O3/c1-40-35-21-32(42-24-30-9-5-6-18-36-30)15-12-26(35)10-13-28-19-29(39-38-28)14-11-27-22-37-34-17-16-31(20-33(27)34)41-23-25-7-3-2-4-8-25/h2-22,37H,23-24H2,1H3,(H,38,39)/b13-10+,14-11+. The molecular formula is C35H30N4O3. The van der Waals surface area contributed by atoms with Crippen LogP contribution in [0.5, 0.6) is 17.2 Å². The molecule has 0 fully saturated rings. The van der Waals surface area contributed by atoms with E-state index in [-0.39, 0.29) is 0 Å². The zero-order valence-corrected chi connectivity index (χ0v) is 23.2. The molecule has 0 aliphatic rings. The molecule has 0 spiro atoms. The highest BCUT2D eigenvalue weighted by Crippen LogP contribution is 2.28. The molecule has 3 aromatic heterocycles. The minimum atomic E-state index is 0.394. The Kier molecular flexibility index (Phi) is 8.08. The highest BCUT2D eigenvalue weighted by molar-refractivity contribution is 5.92. The predicted molar refractivity (Wildman–Crippen MR) is 167 cm³/mol. The van der Waals surface area contributed by atoms with Gasteiger partial charge in [0.05, 0.1) is 24.2 Å². The Balaban J connectivity index is 1.10. The van der Waals surface area contributed by atoms with E-state index in [0.717, 1.165) is 61.9 Å². The number of methoxy groups -OCH3 is 1. The zero-order chi connectivity index (χ0) is 28.6. The van der Waals surface area contributed by atoms with Crippen molar-refractivity contribution < 1.29 is 14.2 Å². The van der Waals surface area contributed by atoms with Crippen molar-refractivity contribution in [3.8, 4) is 17.2 Å². The van der Waals surface area contributed by atoms with Crippen LogP contribution in [0, 0.1) is 0 Å². The Hall–Kier alpha value is -5.56. The average molecular weight is 555 g/mol. The van der Waals surface area contributed by atoms with Crippen LogP contribution in [0.15, 0.2) is 103 Å². The van der Waals surface area contributed by atoms with Crippen molar-refractivity contribution in [2.75, 3.05) is 7.11 Å². The first-order chi connectivity index (χ1) is 20.7. The molecule has 0 saturated carbocycles. The Labute approximate surface area is 244 Å². The summed E-state index contributed by atoms with van der Waals surface area (Å²) in [6, 6.07) is 29.8. The van der Waals surface area contributed by atoms with Crippen molar-refractivity contribution in [2.24, 2.45) is 0 Å². The van der Waals surface area contributed by atoms with Gasteiger partial charge in [0.25, 0.3) is 0 Å². The summed E-state index contributed by atoms with van der Waals surface area (Å²) in [4.78, 5) is 7.62. The molecule has 7 heteroatoms. The van der Waals surface area contributed by atoms with E-state index < -0.39 is 0 Å². The van der Waals surface area contributed by atoms with Gasteiger partial charge in [0, 0.05) is 34.9 Å². The van der Waals surface area contributed by atoms with Crippen LogP contribution in [0.1, 0.15) is 33.8 Å². The van der Waals surface area contributed by atoms with Crippen molar-refractivity contribution in [3.05, 3.63) is 137 Å². The van der Waals surface area contributed by atoms with Crippen LogP contribution in [0.25, 0.3) is 35.2 Å². The largest absolute Gasteiger partial charge is 0.496 e. The molecule has 0 radical (unpaired) electrons. The molecule has 0 unspecified atom stereocenters. The van der Waals surface area contributed by atoms with Gasteiger partial charge in [-0.2, -0.15) is 5.10 Å². The van der Waals surface area contributed by atoms with Gasteiger partial charge < -0.3 is 19.2 Å². The van der Waals surface area contributed by atoms with Crippen molar-refractivity contribution in [1.82, 2.24) is 20.2 Å². The Bertz CT molecular complexity index is 1820. The zero-order valence-electron chi connectivity index (χ0n) is 23.2. The second-order valence-corrected chi connectivity index (χ2v) is 9.65. The third kappa shape index (κ3) is 6.59. The van der Waals surface area contributed by atoms with Crippen LogP contribution in [0.2, 0.25) is 0 Å². The predicted octanol–water partition coefficient (Wildman–Crippen LogP) is 7.79. The number of H-pyrrole nitrogens is 2. The lowest BCUT2D eigenvalue weighted by Crippen LogP contribution is -1.98. The van der Waals surface area contributed by atoms with E-state index in [9.17, 15) is 0 Å². The van der Waals surface area contributed by atoms with Gasteiger partial charge in [0.2, 0.25) is 0 Å². The molecular weight excluding hydrogens is 524 g/mol. The molecule has 42 heavy (non-hydrogen) atoms. The van der Waals surface area contributed by atoms with Gasteiger partial charge in [-0.15, -0.1) is 0 Å². The third-order valence-electron chi connectivity index (χ3n) is 6.74. The lowest BCUT2D eigenvalue weighted by molar-refractivity contribution is 0.299. The van der Waals surface area contributed by atoms with Crippen LogP contribution < -0.4 is 14.2 Å². The highest BCUT2D eigenvalue weighted by Gasteiger charge is 2.06. The maximum absolute atomic E-state index is 6.03. The second-order valence-electron chi connectivity index (χ2n) is 9.65. The summed E-state index contributed by atoms with van der Waals surface area (Å²) in [5.74, 6) is 2.27. The van der Waals surface area contributed by atoms with E-state index in [1.54, 1.807) is 13.3 Å². The highest BCUT2D eigenvalue weighted by atomic mass is 16.5. The Morgan fingerprint density at radius 2 is 1.55 bits per heavy atom. The third-order valence-corrected chi connectivity index (χ3v) is 6.74. The van der Waals surface area contributed by atoms with Crippen LogP contribution in [0.3, 0.4) is 0 Å². The SMILES string of the molecule is COc1cc(OCc2ccccn2)ccc1/C=C/c1cc(/C=C/c2c[nH]c3ccc(OCc4ccccc4)cc23)n[nH]1. The lowest BCUT2D eigenvalue weighted by Gasteiger charge is -2.09. The average Bonchev–Trinajstić information content (AvgIpc) is 3.68. The molecule has 6 rings (SSSR count). The molecule has 7 nitrogen and oxygen atoms in total. The van der Waals surface area contributed by atoms with Gasteiger partial charge in [0.15, 0.2) is 0 Å². The minimum Gasteiger partial charge on any atom is -0.496 e. The first-order valence-corrected chi connectivity index (χ1v) is 13.6. The summed E-state index contributed by atoms with van der Waals surface area (Å²) >= 11 is 0. The van der Waals surface area contributed by atoms with Gasteiger partial charge >= 0.3 is 0 Å². The Morgan fingerprint density at radius 3 is 2.40 bits per heavy atom. The number of benzene rings is 3. The van der Waals surface area contributed by atoms with Gasteiger partial charge in [-0.1, -0.05) is 42.5 Å². The van der Waals surface area contributed by atoms with Crippen molar-refractivity contribution in [3.63, 3.8) is 0 Å². The van der Waals surface area contributed by atoms with Gasteiger partial charge in [-0.25, -0.2) is 0 Å². The molecule has 0 aliphatic carbocycles. The molecule has 0 amide bonds. The molecule has 3 heterocycles. The number of aromatic amines is 2. The smallest absolute Gasteiger partial charge is 0.130 e. The number of nitrogens with zero attached hydrogens (tertiary/aromatic N) is 2. The minimum absolute atomic E-state index is 0.394. The normalized spacial score (nSPS) is 11.5. The van der Waals surface area contributed by atoms with Gasteiger partial charge in [-0.3, -0.25) is 10.1 Å². The monoisotopic (exact) mass is 554 g/mol. The Morgan fingerprint density at radius 1 is 0.738 bits per heavy atom. The summed E-state index contributed by atoms with van der Waals surface area (Å²) in [6.07, 6.45) is 11.7. The van der Waals surface area contributed by atoms with E-state index in [2.05, 4.69) is 44.4 Å². The number of hydrogen-bond donors (Lipinski definition) is 2. The fourth-order valence-corrected chi connectivity index (χ4v) is 4.53. The second kappa shape index (κ2) is 12.7. The lowest BCUT2D eigenvalue weighted by atomic mass is 10.1. The number of rotatable bonds is 11. The number of pyridine rings is 1. The topological polar surface area (TPSA) is 85.1 Å². The first-order valence-electron chi connectivity index (χ1n) is 13.6. The van der Waals surface area contributed by atoms with Crippen LogP contribution >= 0.6 is 0 Å². The summed E-state index contributed by atoms with van der Waals surface area (Å²) in [7, 11) is 1.65. The maximum Gasteiger partial charge on any atom is 0.130 e. The fourth-order valence-electron chi connectivity index (χ4n) is 4.53. The molecule has 0 saturated heterocycles. The molecule has 6 aromatic rings.